The molecular weight excluding hydrogens is 270 g/mol. The van der Waals surface area contributed by atoms with Crippen LogP contribution in [0.2, 0.25) is 0 Å². The summed E-state index contributed by atoms with van der Waals surface area (Å²) in [4.78, 5) is 6.44. The van der Waals surface area contributed by atoms with Crippen molar-refractivity contribution in [1.29, 1.82) is 0 Å². The Bertz CT molecular complexity index is 531. The number of benzene rings is 1. The van der Waals surface area contributed by atoms with Crippen LogP contribution < -0.4 is 4.90 Å². The molecule has 0 saturated heterocycles. The molecule has 0 saturated carbocycles. The van der Waals surface area contributed by atoms with Gasteiger partial charge in [-0.15, -0.1) is 0 Å². The zero-order valence-electron chi connectivity index (χ0n) is 10.4. The fraction of sp³-hybridized carbons (Fsp3) is 0.308. The van der Waals surface area contributed by atoms with Crippen molar-refractivity contribution in [3.05, 3.63) is 35.2 Å². The summed E-state index contributed by atoms with van der Waals surface area (Å²) >= 11 is 1.24. The van der Waals surface area contributed by atoms with Gasteiger partial charge in [-0.05, 0) is 0 Å². The van der Waals surface area contributed by atoms with Crippen LogP contribution in [0.5, 0.6) is 0 Å². The molecule has 0 spiro atoms. The van der Waals surface area contributed by atoms with Crippen molar-refractivity contribution >= 4 is 16.5 Å². The second-order valence-corrected chi connectivity index (χ2v) is 5.13. The third-order valence-electron chi connectivity index (χ3n) is 2.62. The zero-order chi connectivity index (χ0) is 13.8. The maximum atomic E-state index is 12.4. The topological polar surface area (TPSA) is 36.4 Å². The molecule has 1 N–H and O–H groups in total. The average molecular weight is 284 g/mol. The number of aliphatic hydroxyl groups excluding tert-OH is 1. The van der Waals surface area contributed by atoms with Gasteiger partial charge in [-0.25, -0.2) is 13.8 Å². The van der Waals surface area contributed by atoms with E-state index in [9.17, 15) is 13.9 Å². The molecule has 19 heavy (non-hydrogen) atoms. The van der Waals surface area contributed by atoms with Gasteiger partial charge in [0.1, 0.15) is 0 Å². The van der Waals surface area contributed by atoms with Gasteiger partial charge in [-0.1, -0.05) is 41.7 Å². The Morgan fingerprint density at radius 1 is 1.32 bits per heavy atom. The molecule has 0 aliphatic heterocycles. The molecule has 6 heteroatoms. The van der Waals surface area contributed by atoms with Crippen molar-refractivity contribution in [2.75, 3.05) is 18.5 Å². The van der Waals surface area contributed by atoms with E-state index in [1.165, 1.54) is 16.2 Å². The van der Waals surface area contributed by atoms with E-state index in [0.717, 1.165) is 5.56 Å². The van der Waals surface area contributed by atoms with Crippen LogP contribution in [0.15, 0.2) is 30.3 Å². The Labute approximate surface area is 114 Å². The van der Waals surface area contributed by atoms with Crippen LogP contribution in [0, 0.1) is 0 Å². The minimum Gasteiger partial charge on any atom is -0.391 e. The summed E-state index contributed by atoms with van der Waals surface area (Å²) in [5.74, 6) is 0. The van der Waals surface area contributed by atoms with E-state index in [4.69, 9.17) is 0 Å². The van der Waals surface area contributed by atoms with Crippen molar-refractivity contribution in [1.82, 2.24) is 4.98 Å². The van der Waals surface area contributed by atoms with E-state index < -0.39 is 6.43 Å². The molecular formula is C13H14F2N2OS. The highest BCUT2D eigenvalue weighted by atomic mass is 32.1. The Hall–Kier alpha value is -1.53. The summed E-state index contributed by atoms with van der Waals surface area (Å²) in [6.45, 7) is -0.517. The van der Waals surface area contributed by atoms with Crippen LogP contribution in [0.25, 0.3) is 11.3 Å². The highest BCUT2D eigenvalue weighted by Gasteiger charge is 2.17. The highest BCUT2D eigenvalue weighted by molar-refractivity contribution is 7.16. The van der Waals surface area contributed by atoms with Gasteiger partial charge in [0.2, 0.25) is 0 Å². The Kier molecular flexibility index (Phi) is 4.44. The lowest BCUT2D eigenvalue weighted by molar-refractivity contribution is 0.156. The number of aliphatic hydroxyl groups is 1. The molecule has 2 rings (SSSR count). The maximum absolute atomic E-state index is 12.4. The van der Waals surface area contributed by atoms with Gasteiger partial charge in [0.05, 0.1) is 23.7 Å². The maximum Gasteiger partial charge on any atom is 0.255 e. The number of halogens is 2. The highest BCUT2D eigenvalue weighted by Crippen LogP contribution is 2.32. The lowest BCUT2D eigenvalue weighted by atomic mass is 10.1. The van der Waals surface area contributed by atoms with Crippen molar-refractivity contribution < 1.29 is 13.9 Å². The minimum atomic E-state index is -2.41. The first kappa shape index (κ1) is 13.9. The normalized spacial score (nSPS) is 11.0. The second-order valence-electron chi connectivity index (χ2n) is 4.06. The van der Waals surface area contributed by atoms with Crippen LogP contribution in [0.3, 0.4) is 0 Å². The smallest absolute Gasteiger partial charge is 0.255 e. The fourth-order valence-corrected chi connectivity index (χ4v) is 2.63. The lowest BCUT2D eigenvalue weighted by Gasteiger charge is -2.14. The first-order chi connectivity index (χ1) is 9.11. The molecule has 1 aromatic carbocycles. The molecule has 1 heterocycles. The summed E-state index contributed by atoms with van der Waals surface area (Å²) in [7, 11) is 1.57. The molecule has 0 aliphatic rings. The van der Waals surface area contributed by atoms with Crippen molar-refractivity contribution in [3.8, 4) is 11.3 Å². The van der Waals surface area contributed by atoms with Crippen LogP contribution >= 0.6 is 11.3 Å². The summed E-state index contributed by atoms with van der Waals surface area (Å²) in [6, 6.07) is 9.39. The van der Waals surface area contributed by atoms with Crippen molar-refractivity contribution in [2.24, 2.45) is 0 Å². The van der Waals surface area contributed by atoms with Crippen LogP contribution in [-0.2, 0) is 6.61 Å². The third kappa shape index (κ3) is 3.27. The summed E-state index contributed by atoms with van der Waals surface area (Å²) in [6.07, 6.45) is -2.41. The third-order valence-corrected chi connectivity index (χ3v) is 3.77. The number of anilines is 1. The van der Waals surface area contributed by atoms with Gasteiger partial charge in [0.15, 0.2) is 5.13 Å². The van der Waals surface area contributed by atoms with E-state index in [2.05, 4.69) is 4.98 Å². The molecule has 0 unspecified atom stereocenters. The first-order valence-corrected chi connectivity index (χ1v) is 6.58. The molecule has 0 radical (unpaired) electrons. The van der Waals surface area contributed by atoms with E-state index >= 15 is 0 Å². The number of hydrogen-bond acceptors (Lipinski definition) is 4. The molecule has 1 aromatic heterocycles. The molecule has 0 amide bonds. The van der Waals surface area contributed by atoms with Crippen LogP contribution in [0.1, 0.15) is 4.88 Å². The Balaban J connectivity index is 2.33. The van der Waals surface area contributed by atoms with E-state index in [0.29, 0.717) is 15.7 Å². The summed E-state index contributed by atoms with van der Waals surface area (Å²) < 4.78 is 24.7. The number of rotatable bonds is 5. The molecule has 3 nitrogen and oxygen atoms in total. The number of thiazole rings is 1. The Morgan fingerprint density at radius 3 is 2.58 bits per heavy atom. The largest absolute Gasteiger partial charge is 0.391 e. The van der Waals surface area contributed by atoms with Gasteiger partial charge >= 0.3 is 0 Å². The van der Waals surface area contributed by atoms with Gasteiger partial charge in [0.25, 0.3) is 6.43 Å². The lowest BCUT2D eigenvalue weighted by Crippen LogP contribution is -2.23. The molecule has 0 atom stereocenters. The van der Waals surface area contributed by atoms with Crippen LogP contribution in [-0.4, -0.2) is 30.1 Å². The van der Waals surface area contributed by atoms with Gasteiger partial charge in [0, 0.05) is 12.6 Å². The first-order valence-electron chi connectivity index (χ1n) is 5.77. The zero-order valence-corrected chi connectivity index (χ0v) is 11.2. The Morgan fingerprint density at radius 2 is 2.00 bits per heavy atom. The summed E-state index contributed by atoms with van der Waals surface area (Å²) in [5, 5.41) is 9.85. The minimum absolute atomic E-state index is 0.148. The van der Waals surface area contributed by atoms with Gasteiger partial charge in [-0.3, -0.25) is 0 Å². The van der Waals surface area contributed by atoms with Crippen LogP contribution in [0.4, 0.5) is 13.9 Å². The predicted molar refractivity (Wildman–Crippen MR) is 72.7 cm³/mol. The SMILES string of the molecule is CN(CC(F)F)c1nc(-c2ccccc2)c(CO)s1. The monoisotopic (exact) mass is 284 g/mol. The molecule has 102 valence electrons. The van der Waals surface area contributed by atoms with E-state index in [1.807, 2.05) is 30.3 Å². The summed E-state index contributed by atoms with van der Waals surface area (Å²) in [5.41, 5.74) is 1.53. The van der Waals surface area contributed by atoms with Gasteiger partial charge < -0.3 is 10.0 Å². The molecule has 0 aliphatic carbocycles. The van der Waals surface area contributed by atoms with Crippen molar-refractivity contribution in [3.63, 3.8) is 0 Å². The predicted octanol–water partition coefficient (Wildman–Crippen LogP) is 3.00. The standard InChI is InChI=1S/C13H14F2N2OS/c1-17(7-11(14)15)13-16-12(10(8-18)19-13)9-5-3-2-4-6-9/h2-6,11,18H,7-8H2,1H3. The van der Waals surface area contributed by atoms with E-state index in [-0.39, 0.29) is 13.2 Å². The van der Waals surface area contributed by atoms with E-state index in [1.54, 1.807) is 7.05 Å². The number of nitrogens with zero attached hydrogens (tertiary/aromatic N) is 2. The molecule has 0 fully saturated rings. The number of aromatic nitrogens is 1. The van der Waals surface area contributed by atoms with Gasteiger partial charge in [-0.2, -0.15) is 0 Å². The number of alkyl halides is 2. The number of hydrogen-bond donors (Lipinski definition) is 1. The second kappa shape index (κ2) is 6.08. The molecule has 0 bridgehead atoms. The quantitative estimate of drug-likeness (QED) is 0.917. The fourth-order valence-electron chi connectivity index (χ4n) is 1.72. The van der Waals surface area contributed by atoms with Crippen molar-refractivity contribution in [2.45, 2.75) is 13.0 Å². The average Bonchev–Trinajstić information content (AvgIpc) is 2.83. The molecule has 2 aromatic rings.